The zero-order chi connectivity index (χ0) is 15.4. The summed E-state index contributed by atoms with van der Waals surface area (Å²) in [6, 6.07) is 7.29. The van der Waals surface area contributed by atoms with E-state index in [0.29, 0.717) is 35.1 Å². The van der Waals surface area contributed by atoms with Gasteiger partial charge in [0.2, 0.25) is 0 Å². The van der Waals surface area contributed by atoms with Gasteiger partial charge in [-0.1, -0.05) is 11.6 Å². The Morgan fingerprint density at radius 3 is 2.81 bits per heavy atom. The number of nitrogens with two attached hydrogens (primary N) is 1. The minimum atomic E-state index is -0.434. The number of hydrogen-bond donors (Lipinski definition) is 2. The number of thiophene rings is 1. The van der Waals surface area contributed by atoms with Crippen molar-refractivity contribution >= 4 is 40.3 Å². The van der Waals surface area contributed by atoms with Gasteiger partial charge in [0.15, 0.2) is 0 Å². The highest BCUT2D eigenvalue weighted by atomic mass is 35.5. The second-order valence-electron chi connectivity index (χ2n) is 4.51. The van der Waals surface area contributed by atoms with Crippen LogP contribution in [0.15, 0.2) is 24.3 Å². The molecule has 4 nitrogen and oxygen atoms in total. The topological polar surface area (TPSA) is 64.3 Å². The maximum Gasteiger partial charge on any atom is 0.340 e. The molecule has 0 amide bonds. The lowest BCUT2D eigenvalue weighted by Gasteiger charge is -2.13. The van der Waals surface area contributed by atoms with Gasteiger partial charge in [0.25, 0.3) is 0 Å². The summed E-state index contributed by atoms with van der Waals surface area (Å²) in [6.07, 6.45) is 0. The van der Waals surface area contributed by atoms with Gasteiger partial charge < -0.3 is 15.8 Å². The molecular weight excluding hydrogens is 308 g/mol. The largest absolute Gasteiger partial charge is 0.462 e. The number of carbonyl (C=O) groups excluding carboxylic acids is 1. The third kappa shape index (κ3) is 3.89. The number of esters is 1. The van der Waals surface area contributed by atoms with Crippen LogP contribution in [-0.4, -0.2) is 12.6 Å². The first kappa shape index (κ1) is 15.7. The summed E-state index contributed by atoms with van der Waals surface area (Å²) >= 11 is 7.90. The van der Waals surface area contributed by atoms with E-state index in [2.05, 4.69) is 18.3 Å². The summed E-state index contributed by atoms with van der Waals surface area (Å²) in [5, 5.41) is 3.61. The normalized spacial score (nSPS) is 10.4. The molecule has 2 rings (SSSR count). The zero-order valence-corrected chi connectivity index (χ0v) is 13.5. The molecule has 3 N–H and O–H groups in total. The van der Waals surface area contributed by atoms with E-state index in [1.165, 1.54) is 4.88 Å². The van der Waals surface area contributed by atoms with Gasteiger partial charge in [0, 0.05) is 22.0 Å². The predicted molar refractivity (Wildman–Crippen MR) is 88.2 cm³/mol. The van der Waals surface area contributed by atoms with Crippen molar-refractivity contribution in [3.8, 4) is 0 Å². The Hall–Kier alpha value is -1.72. The minimum Gasteiger partial charge on any atom is -0.462 e. The fourth-order valence-electron chi connectivity index (χ4n) is 1.93. The summed E-state index contributed by atoms with van der Waals surface area (Å²) in [5.74, 6) is -0.434. The molecule has 0 aliphatic heterocycles. The van der Waals surface area contributed by atoms with Crippen LogP contribution < -0.4 is 11.1 Å². The fourth-order valence-corrected chi connectivity index (χ4v) is 3.06. The van der Waals surface area contributed by atoms with Crippen molar-refractivity contribution in [1.82, 2.24) is 0 Å². The Morgan fingerprint density at radius 1 is 1.43 bits per heavy atom. The zero-order valence-electron chi connectivity index (χ0n) is 11.9. The average molecular weight is 325 g/mol. The molecule has 1 aromatic carbocycles. The summed E-state index contributed by atoms with van der Waals surface area (Å²) in [5.41, 5.74) is 7.09. The lowest BCUT2D eigenvalue weighted by atomic mass is 10.1. The summed E-state index contributed by atoms with van der Waals surface area (Å²) in [6.45, 7) is 4.70. The van der Waals surface area contributed by atoms with Gasteiger partial charge in [-0.15, -0.1) is 11.3 Å². The molecule has 0 fully saturated rings. The van der Waals surface area contributed by atoms with Gasteiger partial charge in [-0.25, -0.2) is 4.79 Å². The quantitative estimate of drug-likeness (QED) is 0.642. The molecule has 0 radical (unpaired) electrons. The predicted octanol–water partition coefficient (Wildman–Crippen LogP) is 4.08. The van der Waals surface area contributed by atoms with E-state index >= 15 is 0 Å². The molecule has 2 aromatic rings. The van der Waals surface area contributed by atoms with E-state index in [1.807, 2.05) is 6.07 Å². The number of halogens is 1. The van der Waals surface area contributed by atoms with Crippen LogP contribution in [0.1, 0.15) is 27.0 Å². The van der Waals surface area contributed by atoms with E-state index in [0.717, 1.165) is 4.88 Å². The highest BCUT2D eigenvalue weighted by molar-refractivity contribution is 7.11. The standard InChI is InChI=1S/C15H17ClN2O2S/c1-3-20-15(19)12-6-10(17)7-13(16)14(12)18-8-11-5-4-9(2)21-11/h4-7,18H,3,8,17H2,1-2H3. The van der Waals surface area contributed by atoms with Gasteiger partial charge in [-0.2, -0.15) is 0 Å². The second kappa shape index (κ2) is 6.83. The molecule has 0 aliphatic carbocycles. The smallest absolute Gasteiger partial charge is 0.340 e. The second-order valence-corrected chi connectivity index (χ2v) is 6.29. The summed E-state index contributed by atoms with van der Waals surface area (Å²) in [7, 11) is 0. The van der Waals surface area contributed by atoms with Gasteiger partial charge in [0.1, 0.15) is 0 Å². The van der Waals surface area contributed by atoms with E-state index in [4.69, 9.17) is 22.1 Å². The SMILES string of the molecule is CCOC(=O)c1cc(N)cc(Cl)c1NCc1ccc(C)s1. The number of carbonyl (C=O) groups is 1. The van der Waals surface area contributed by atoms with Crippen LogP contribution in [0.3, 0.4) is 0 Å². The number of aryl methyl sites for hydroxylation is 1. The lowest BCUT2D eigenvalue weighted by molar-refractivity contribution is 0.0527. The first-order valence-electron chi connectivity index (χ1n) is 6.56. The highest BCUT2D eigenvalue weighted by Crippen LogP contribution is 2.30. The lowest BCUT2D eigenvalue weighted by Crippen LogP contribution is -2.11. The van der Waals surface area contributed by atoms with Gasteiger partial charge in [0.05, 0.1) is 22.9 Å². The number of nitrogens with one attached hydrogen (secondary N) is 1. The first-order valence-corrected chi connectivity index (χ1v) is 7.76. The number of ether oxygens (including phenoxy) is 1. The minimum absolute atomic E-state index is 0.300. The van der Waals surface area contributed by atoms with Gasteiger partial charge >= 0.3 is 5.97 Å². The Kier molecular flexibility index (Phi) is 5.09. The Bertz CT molecular complexity index is 655. The maximum atomic E-state index is 12.0. The van der Waals surface area contributed by atoms with Crippen molar-refractivity contribution in [2.45, 2.75) is 20.4 Å². The van der Waals surface area contributed by atoms with Crippen LogP contribution in [-0.2, 0) is 11.3 Å². The number of nitrogen functional groups attached to an aromatic ring is 1. The van der Waals surface area contributed by atoms with E-state index in [1.54, 1.807) is 30.4 Å². The molecule has 112 valence electrons. The molecule has 0 bridgehead atoms. The monoisotopic (exact) mass is 324 g/mol. The van der Waals surface area contributed by atoms with Crippen LogP contribution in [0.2, 0.25) is 5.02 Å². The molecule has 6 heteroatoms. The Morgan fingerprint density at radius 2 is 2.19 bits per heavy atom. The fraction of sp³-hybridized carbons (Fsp3) is 0.267. The number of benzene rings is 1. The molecule has 1 aromatic heterocycles. The molecule has 21 heavy (non-hydrogen) atoms. The molecule has 0 unspecified atom stereocenters. The van der Waals surface area contributed by atoms with Gasteiger partial charge in [-0.3, -0.25) is 0 Å². The third-order valence-corrected chi connectivity index (χ3v) is 4.14. The number of rotatable bonds is 5. The van der Waals surface area contributed by atoms with Crippen molar-refractivity contribution in [1.29, 1.82) is 0 Å². The molecule has 0 spiro atoms. The average Bonchev–Trinajstić information content (AvgIpc) is 2.83. The first-order chi connectivity index (χ1) is 10.0. The molecule has 0 aliphatic rings. The van der Waals surface area contributed by atoms with Crippen LogP contribution in [0.4, 0.5) is 11.4 Å². The van der Waals surface area contributed by atoms with E-state index in [9.17, 15) is 4.79 Å². The molecule has 0 saturated carbocycles. The van der Waals surface area contributed by atoms with E-state index < -0.39 is 5.97 Å². The maximum absolute atomic E-state index is 12.0. The third-order valence-electron chi connectivity index (χ3n) is 2.84. The van der Waals surface area contributed by atoms with Crippen molar-refractivity contribution in [3.63, 3.8) is 0 Å². The van der Waals surface area contributed by atoms with Crippen LogP contribution >= 0.6 is 22.9 Å². The Balaban J connectivity index is 2.26. The van der Waals surface area contributed by atoms with Crippen LogP contribution in [0, 0.1) is 6.92 Å². The van der Waals surface area contributed by atoms with Crippen molar-refractivity contribution in [3.05, 3.63) is 44.6 Å². The van der Waals surface area contributed by atoms with Crippen molar-refractivity contribution in [2.75, 3.05) is 17.7 Å². The number of hydrogen-bond acceptors (Lipinski definition) is 5. The molecular formula is C15H17ClN2O2S. The van der Waals surface area contributed by atoms with Crippen molar-refractivity contribution < 1.29 is 9.53 Å². The molecule has 0 saturated heterocycles. The summed E-state index contributed by atoms with van der Waals surface area (Å²) < 4.78 is 5.04. The van der Waals surface area contributed by atoms with Gasteiger partial charge in [-0.05, 0) is 38.1 Å². The van der Waals surface area contributed by atoms with Crippen LogP contribution in [0.25, 0.3) is 0 Å². The number of anilines is 2. The van der Waals surface area contributed by atoms with E-state index in [-0.39, 0.29) is 0 Å². The van der Waals surface area contributed by atoms with Crippen LogP contribution in [0.5, 0.6) is 0 Å². The Labute approximate surface area is 132 Å². The highest BCUT2D eigenvalue weighted by Gasteiger charge is 2.16. The molecule has 1 heterocycles. The van der Waals surface area contributed by atoms with Crippen molar-refractivity contribution in [2.24, 2.45) is 0 Å². The molecule has 0 atom stereocenters. The summed E-state index contributed by atoms with van der Waals surface area (Å²) in [4.78, 5) is 14.4.